The van der Waals surface area contributed by atoms with Gasteiger partial charge in [0.1, 0.15) is 0 Å². The third kappa shape index (κ3) is 8.40. The fraction of sp³-hybridized carbons (Fsp3) is 0.250. The summed E-state index contributed by atoms with van der Waals surface area (Å²) in [6.07, 6.45) is 19.1. The molecule has 0 amide bonds. The summed E-state index contributed by atoms with van der Waals surface area (Å²) >= 11 is 7.68. The smallest absolute Gasteiger partial charge is 0.0706 e. The molecule has 0 unspecified atom stereocenters. The lowest BCUT2D eigenvalue weighted by Crippen LogP contribution is -1.85. The maximum Gasteiger partial charge on any atom is 0.0706 e. The van der Waals surface area contributed by atoms with Gasteiger partial charge in [0.15, 0.2) is 0 Å². The SMILES string of the molecule is CCCCCc1ccc(/C=C/c2ccc3c(c2)S/C(=C2\Sc4ccc(/C=C/c5ccc(CCCCC)cc5)cc4S2)S3)cc1. The lowest BCUT2D eigenvalue weighted by molar-refractivity contribution is 0.717. The molecule has 0 radical (unpaired) electrons. The maximum absolute atomic E-state index is 2.34. The number of hydrogen-bond acceptors (Lipinski definition) is 4. The minimum Gasteiger partial charge on any atom is -0.0798 e. The highest BCUT2D eigenvalue weighted by Crippen LogP contribution is 2.61. The van der Waals surface area contributed by atoms with E-state index in [1.54, 1.807) is 0 Å². The molecule has 4 aromatic rings. The standard InChI is InChI=1S/C40H40S4/c1-3-5-7-9-29-11-15-31(16-12-29)19-21-33-23-25-35-37(27-33)43-39(41-35)40-42-36-26-24-34(28-38(36)44-40)22-20-32-17-13-30(14-18-32)10-8-6-4-2/h11-28H,3-10H2,1-2H3/b21-19+,22-20+,40-39+. The van der Waals surface area contributed by atoms with Crippen LogP contribution in [0.15, 0.2) is 113 Å². The van der Waals surface area contributed by atoms with Crippen LogP contribution in [-0.2, 0) is 12.8 Å². The summed E-state index contributed by atoms with van der Waals surface area (Å²) in [5, 5.41) is 0. The zero-order valence-electron chi connectivity index (χ0n) is 25.7. The Balaban J connectivity index is 1.06. The van der Waals surface area contributed by atoms with Gasteiger partial charge in [0.05, 0.1) is 8.47 Å². The fourth-order valence-corrected chi connectivity index (χ4v) is 10.7. The van der Waals surface area contributed by atoms with Crippen LogP contribution in [-0.4, -0.2) is 0 Å². The molecular formula is C40H40S4. The van der Waals surface area contributed by atoms with E-state index in [9.17, 15) is 0 Å². The van der Waals surface area contributed by atoms with Crippen molar-refractivity contribution in [3.8, 4) is 0 Å². The second-order valence-electron chi connectivity index (χ2n) is 11.5. The fourth-order valence-electron chi connectivity index (χ4n) is 5.33. The van der Waals surface area contributed by atoms with Crippen LogP contribution in [0.3, 0.4) is 0 Å². The van der Waals surface area contributed by atoms with Gasteiger partial charge in [-0.05, 0) is 83.3 Å². The van der Waals surface area contributed by atoms with Gasteiger partial charge in [-0.2, -0.15) is 0 Å². The minimum atomic E-state index is 1.18. The van der Waals surface area contributed by atoms with Gasteiger partial charge < -0.3 is 0 Å². The van der Waals surface area contributed by atoms with E-state index in [0.717, 1.165) is 0 Å². The van der Waals surface area contributed by atoms with Gasteiger partial charge in [-0.15, -0.1) is 0 Å². The molecule has 0 aromatic heterocycles. The second-order valence-corrected chi connectivity index (χ2v) is 16.2. The van der Waals surface area contributed by atoms with Crippen LogP contribution >= 0.6 is 47.0 Å². The molecule has 224 valence electrons. The Labute approximate surface area is 281 Å². The third-order valence-electron chi connectivity index (χ3n) is 7.95. The first-order chi connectivity index (χ1) is 21.7. The Morgan fingerprint density at radius 1 is 0.409 bits per heavy atom. The van der Waals surface area contributed by atoms with Crippen molar-refractivity contribution < 1.29 is 0 Å². The Kier molecular flexibility index (Phi) is 11.2. The van der Waals surface area contributed by atoms with Gasteiger partial charge in [-0.3, -0.25) is 0 Å². The Hall–Kier alpha value is -2.50. The van der Waals surface area contributed by atoms with Crippen molar-refractivity contribution in [2.75, 3.05) is 0 Å². The van der Waals surface area contributed by atoms with Gasteiger partial charge in [0, 0.05) is 19.6 Å². The largest absolute Gasteiger partial charge is 0.0798 e. The average Bonchev–Trinajstić information content (AvgIpc) is 3.68. The molecule has 0 nitrogen and oxygen atoms in total. The summed E-state index contributed by atoms with van der Waals surface area (Å²) < 4.78 is 2.81. The molecule has 6 rings (SSSR count). The van der Waals surface area contributed by atoms with E-state index in [-0.39, 0.29) is 0 Å². The molecule has 4 heteroatoms. The van der Waals surface area contributed by atoms with Crippen molar-refractivity contribution in [1.82, 2.24) is 0 Å². The van der Waals surface area contributed by atoms with Crippen molar-refractivity contribution in [3.05, 3.63) is 127 Å². The predicted molar refractivity (Wildman–Crippen MR) is 201 cm³/mol. The Morgan fingerprint density at radius 2 is 0.773 bits per heavy atom. The number of aryl methyl sites for hydroxylation is 2. The Morgan fingerprint density at radius 3 is 1.18 bits per heavy atom. The highest BCUT2D eigenvalue weighted by Gasteiger charge is 2.27. The number of thioether (sulfide) groups is 4. The predicted octanol–water partition coefficient (Wildman–Crippen LogP) is 13.7. The van der Waals surface area contributed by atoms with Crippen LogP contribution in [0.4, 0.5) is 0 Å². The number of hydrogen-bond donors (Lipinski definition) is 0. The number of fused-ring (bicyclic) bond motifs is 2. The quantitative estimate of drug-likeness (QED) is 0.111. The molecule has 4 aromatic carbocycles. The normalized spacial score (nSPS) is 15.9. The van der Waals surface area contributed by atoms with Crippen LogP contribution in [0, 0.1) is 0 Å². The molecule has 2 aliphatic rings. The zero-order chi connectivity index (χ0) is 30.1. The van der Waals surface area contributed by atoms with Crippen molar-refractivity contribution in [3.63, 3.8) is 0 Å². The molecule has 2 heterocycles. The Bertz CT molecular complexity index is 1530. The molecule has 0 aliphatic carbocycles. The van der Waals surface area contributed by atoms with Gasteiger partial charge in [-0.1, -0.05) is 172 Å². The molecule has 0 atom stereocenters. The first-order valence-corrected chi connectivity index (χ1v) is 19.2. The van der Waals surface area contributed by atoms with E-state index < -0.39 is 0 Å². The van der Waals surface area contributed by atoms with Crippen LogP contribution in [0.5, 0.6) is 0 Å². The van der Waals surface area contributed by atoms with Crippen LogP contribution in [0.25, 0.3) is 24.3 Å². The summed E-state index contributed by atoms with van der Waals surface area (Å²) in [6.45, 7) is 4.52. The molecule has 44 heavy (non-hydrogen) atoms. The van der Waals surface area contributed by atoms with E-state index in [1.165, 1.54) is 113 Å². The van der Waals surface area contributed by atoms with E-state index in [0.29, 0.717) is 0 Å². The van der Waals surface area contributed by atoms with E-state index >= 15 is 0 Å². The first kappa shape index (κ1) is 31.5. The third-order valence-corrected chi connectivity index (χ3v) is 13.5. The molecule has 0 saturated heterocycles. The molecule has 0 bridgehead atoms. The summed E-state index contributed by atoms with van der Waals surface area (Å²) in [5.41, 5.74) is 7.92. The molecule has 0 saturated carbocycles. The van der Waals surface area contributed by atoms with E-state index in [4.69, 9.17) is 0 Å². The number of benzene rings is 4. The summed E-state index contributed by atoms with van der Waals surface area (Å²) in [4.78, 5) is 5.46. The zero-order valence-corrected chi connectivity index (χ0v) is 28.9. The molecule has 2 aliphatic heterocycles. The lowest BCUT2D eigenvalue weighted by atomic mass is 10.0. The van der Waals surface area contributed by atoms with E-state index in [2.05, 4.69) is 123 Å². The molecular weight excluding hydrogens is 609 g/mol. The topological polar surface area (TPSA) is 0 Å². The highest BCUT2D eigenvalue weighted by molar-refractivity contribution is 8.30. The maximum atomic E-state index is 2.34. The van der Waals surface area contributed by atoms with Crippen molar-refractivity contribution in [1.29, 1.82) is 0 Å². The monoisotopic (exact) mass is 648 g/mol. The van der Waals surface area contributed by atoms with Gasteiger partial charge in [0.25, 0.3) is 0 Å². The van der Waals surface area contributed by atoms with Crippen LogP contribution in [0.1, 0.15) is 85.8 Å². The summed E-state index contributed by atoms with van der Waals surface area (Å²) in [7, 11) is 0. The number of unbranched alkanes of at least 4 members (excludes halogenated alkanes) is 4. The molecule has 0 spiro atoms. The van der Waals surface area contributed by atoms with Crippen molar-refractivity contribution in [2.24, 2.45) is 0 Å². The highest BCUT2D eigenvalue weighted by atomic mass is 32.2. The van der Waals surface area contributed by atoms with Crippen LogP contribution < -0.4 is 0 Å². The van der Waals surface area contributed by atoms with Crippen molar-refractivity contribution in [2.45, 2.75) is 84.8 Å². The molecule has 0 fully saturated rings. The van der Waals surface area contributed by atoms with Crippen LogP contribution in [0.2, 0.25) is 0 Å². The number of rotatable bonds is 12. The first-order valence-electron chi connectivity index (χ1n) is 15.9. The van der Waals surface area contributed by atoms with Gasteiger partial charge >= 0.3 is 0 Å². The van der Waals surface area contributed by atoms with Gasteiger partial charge in [-0.25, -0.2) is 0 Å². The molecule has 0 N–H and O–H groups in total. The van der Waals surface area contributed by atoms with E-state index in [1.807, 2.05) is 47.0 Å². The van der Waals surface area contributed by atoms with Crippen molar-refractivity contribution >= 4 is 71.4 Å². The summed E-state index contributed by atoms with van der Waals surface area (Å²) in [5.74, 6) is 0. The lowest BCUT2D eigenvalue weighted by Gasteiger charge is -2.02. The second kappa shape index (κ2) is 15.7. The minimum absolute atomic E-state index is 1.18. The summed E-state index contributed by atoms with van der Waals surface area (Å²) in [6, 6.07) is 31.9. The van der Waals surface area contributed by atoms with Gasteiger partial charge in [0.2, 0.25) is 0 Å². The average molecular weight is 649 g/mol.